The molecule has 10 rings (SSSR count). The lowest BCUT2D eigenvalue weighted by molar-refractivity contribution is -0.391. The first-order chi connectivity index (χ1) is 41.4. The summed E-state index contributed by atoms with van der Waals surface area (Å²) in [5, 5.41) is 33.8. The second-order valence-electron chi connectivity index (χ2n) is 21.0. The van der Waals surface area contributed by atoms with Gasteiger partial charge in [-0.15, -0.1) is 0 Å². The van der Waals surface area contributed by atoms with Crippen LogP contribution in [0.1, 0.15) is 38.9 Å². The zero-order valence-electron chi connectivity index (χ0n) is 47.1. The molecule has 0 radical (unpaired) electrons. The molecule has 7 aromatic carbocycles. The summed E-state index contributed by atoms with van der Waals surface area (Å²) in [7, 11) is 1.34. The fraction of sp³-hybridized carbons (Fsp3) is 0.382. The van der Waals surface area contributed by atoms with Crippen LogP contribution in [0.15, 0.2) is 212 Å². The predicted octanol–water partition coefficient (Wildman–Crippen LogP) is 8.65. The maximum atomic E-state index is 11.8. The average molecular weight is 1150 g/mol. The highest BCUT2D eigenvalue weighted by Gasteiger charge is 2.56. The van der Waals surface area contributed by atoms with Crippen LogP contribution in [0.4, 0.5) is 0 Å². The Labute approximate surface area is 491 Å². The van der Waals surface area contributed by atoms with Gasteiger partial charge in [-0.1, -0.05) is 212 Å². The first-order valence-corrected chi connectivity index (χ1v) is 28.7. The Balaban J connectivity index is 1.08. The molecule has 3 aliphatic heterocycles. The van der Waals surface area contributed by atoms with E-state index in [1.54, 1.807) is 0 Å². The lowest BCUT2D eigenvalue weighted by atomic mass is 9.95. The van der Waals surface area contributed by atoms with Crippen LogP contribution in [-0.4, -0.2) is 134 Å². The number of rotatable bonds is 29. The van der Waals surface area contributed by atoms with Crippen molar-refractivity contribution in [3.63, 3.8) is 0 Å². The van der Waals surface area contributed by atoms with Crippen molar-refractivity contribution in [1.82, 2.24) is 0 Å². The standard InChI is InChI=1S/C68H76O16/c1-72-66-58(71)57(70)59(54(37-69)80-66)83-67-65(79-44-53-35-21-8-22-36-53)63(77-42-51-31-17-6-18-32-51)61(56(82-67)46-74-39-48-25-11-3-12-26-48)84-68-64(78-43-52-33-19-7-20-34-52)62(76-41-50-29-15-5-16-30-50)60(75-40-49-27-13-4-14-28-49)55(81-68)45-73-38-47-23-9-2-10-24-47/h2-36,54-71H,37-46H2,1H3/t54-,55-,56-,57-,58-,59-,60-,61-,62+,63+,64-,65-,66+,67+,68+/m1/s1. The molecule has 0 unspecified atom stereocenters. The van der Waals surface area contributed by atoms with Crippen molar-refractivity contribution in [3.05, 3.63) is 251 Å². The first kappa shape index (κ1) is 61.0. The van der Waals surface area contributed by atoms with E-state index in [-0.39, 0.29) is 59.5 Å². The fourth-order valence-corrected chi connectivity index (χ4v) is 10.6. The summed E-state index contributed by atoms with van der Waals surface area (Å²) in [5.74, 6) is 0. The Morgan fingerprint density at radius 3 is 0.940 bits per heavy atom. The van der Waals surface area contributed by atoms with E-state index in [1.807, 2.05) is 212 Å². The van der Waals surface area contributed by atoms with E-state index in [4.69, 9.17) is 61.6 Å². The normalized spacial score (nSPS) is 28.0. The Bertz CT molecular complexity index is 2900. The zero-order chi connectivity index (χ0) is 57.7. The third kappa shape index (κ3) is 16.9. The van der Waals surface area contributed by atoms with Gasteiger partial charge in [-0.2, -0.15) is 0 Å². The minimum Gasteiger partial charge on any atom is -0.394 e. The van der Waals surface area contributed by atoms with Crippen LogP contribution in [0.3, 0.4) is 0 Å². The summed E-state index contributed by atoms with van der Waals surface area (Å²) >= 11 is 0. The third-order valence-corrected chi connectivity index (χ3v) is 15.0. The largest absolute Gasteiger partial charge is 0.394 e. The van der Waals surface area contributed by atoms with Crippen LogP contribution in [0, 0.1) is 0 Å². The van der Waals surface area contributed by atoms with E-state index in [0.717, 1.165) is 38.9 Å². The van der Waals surface area contributed by atoms with Crippen LogP contribution in [-0.2, 0) is 108 Å². The second kappa shape index (κ2) is 31.9. The molecule has 3 fully saturated rings. The van der Waals surface area contributed by atoms with Gasteiger partial charge in [0.1, 0.15) is 73.2 Å². The molecule has 3 N–H and O–H groups in total. The Morgan fingerprint density at radius 1 is 0.310 bits per heavy atom. The molecule has 7 aromatic rings. The molecule has 3 aliphatic rings. The highest BCUT2D eigenvalue weighted by atomic mass is 16.8. The van der Waals surface area contributed by atoms with Crippen LogP contribution >= 0.6 is 0 Å². The summed E-state index contributed by atoms with van der Waals surface area (Å²) in [4.78, 5) is 0. The molecular formula is C68H76O16. The number of benzene rings is 7. The van der Waals surface area contributed by atoms with Crippen molar-refractivity contribution in [2.75, 3.05) is 26.9 Å². The van der Waals surface area contributed by atoms with Gasteiger partial charge in [0.25, 0.3) is 0 Å². The predicted molar refractivity (Wildman–Crippen MR) is 309 cm³/mol. The number of aliphatic hydroxyl groups is 3. The molecule has 0 bridgehead atoms. The molecule has 0 aliphatic carbocycles. The Kier molecular flexibility index (Phi) is 23.1. The number of ether oxygens (including phenoxy) is 13. The van der Waals surface area contributed by atoms with Gasteiger partial charge in [-0.3, -0.25) is 0 Å². The van der Waals surface area contributed by atoms with Crippen LogP contribution < -0.4 is 0 Å². The molecule has 84 heavy (non-hydrogen) atoms. The monoisotopic (exact) mass is 1150 g/mol. The van der Waals surface area contributed by atoms with Crippen molar-refractivity contribution in [3.8, 4) is 0 Å². The Hall–Kier alpha value is -6.10. The number of methoxy groups -OCH3 is 1. The van der Waals surface area contributed by atoms with E-state index in [0.29, 0.717) is 0 Å². The van der Waals surface area contributed by atoms with Crippen LogP contribution in [0.5, 0.6) is 0 Å². The number of hydrogen-bond donors (Lipinski definition) is 3. The van der Waals surface area contributed by atoms with Gasteiger partial charge < -0.3 is 76.9 Å². The molecule has 0 amide bonds. The SMILES string of the molecule is CO[C@H]1O[C@H](CO)[C@@H](O[C@@H]2O[C@H](COCc3ccccc3)[C@@H](O[C@@H]3O[C@H](COCc4ccccc4)[C@@H](OCc4ccccc4)[C@H](OCc4ccccc4)[C@H]3OCc3ccccc3)[C@H](OCc3ccccc3)[C@H]2OCc2ccccc2)[C@H](O)[C@H]1O. The maximum absolute atomic E-state index is 11.8. The molecule has 0 aromatic heterocycles. The molecule has 0 spiro atoms. The van der Waals surface area contributed by atoms with Gasteiger partial charge in [0.15, 0.2) is 18.9 Å². The van der Waals surface area contributed by atoms with Crippen molar-refractivity contribution in [2.24, 2.45) is 0 Å². The Morgan fingerprint density at radius 2 is 0.595 bits per heavy atom. The quantitative estimate of drug-likeness (QED) is 0.0405. The maximum Gasteiger partial charge on any atom is 0.187 e. The van der Waals surface area contributed by atoms with E-state index >= 15 is 0 Å². The highest BCUT2D eigenvalue weighted by Crippen LogP contribution is 2.38. The summed E-state index contributed by atoms with van der Waals surface area (Å²) in [6, 6.07) is 68.7. The average Bonchev–Trinajstić information content (AvgIpc) is 3.34. The first-order valence-electron chi connectivity index (χ1n) is 28.7. The molecule has 3 heterocycles. The molecule has 16 heteroatoms. The van der Waals surface area contributed by atoms with E-state index < -0.39 is 98.7 Å². The molecule has 15 atom stereocenters. The van der Waals surface area contributed by atoms with Crippen molar-refractivity contribution in [1.29, 1.82) is 0 Å². The fourth-order valence-electron chi connectivity index (χ4n) is 10.6. The van der Waals surface area contributed by atoms with Crippen molar-refractivity contribution in [2.45, 2.75) is 138 Å². The third-order valence-electron chi connectivity index (χ3n) is 15.0. The summed E-state index contributed by atoms with van der Waals surface area (Å²) < 4.78 is 88.7. The van der Waals surface area contributed by atoms with Crippen molar-refractivity contribution < 1.29 is 76.9 Å². The topological polar surface area (TPSA) is 181 Å². The number of hydrogen-bond acceptors (Lipinski definition) is 16. The van der Waals surface area contributed by atoms with E-state index in [1.165, 1.54) is 7.11 Å². The van der Waals surface area contributed by atoms with Crippen LogP contribution in [0.2, 0.25) is 0 Å². The molecular weight excluding hydrogens is 1070 g/mol. The van der Waals surface area contributed by atoms with Gasteiger partial charge in [-0.05, 0) is 38.9 Å². The van der Waals surface area contributed by atoms with Gasteiger partial charge in [0.05, 0.1) is 66.1 Å². The lowest BCUT2D eigenvalue weighted by Gasteiger charge is -2.51. The molecule has 0 saturated carbocycles. The summed E-state index contributed by atoms with van der Waals surface area (Å²) in [5.41, 5.74) is 6.35. The summed E-state index contributed by atoms with van der Waals surface area (Å²) in [6.07, 6.45) is -17.4. The minimum absolute atomic E-state index is 0.0583. The lowest BCUT2D eigenvalue weighted by Crippen LogP contribution is -2.68. The van der Waals surface area contributed by atoms with Gasteiger partial charge in [-0.25, -0.2) is 0 Å². The van der Waals surface area contributed by atoms with Gasteiger partial charge in [0.2, 0.25) is 0 Å². The van der Waals surface area contributed by atoms with Crippen molar-refractivity contribution >= 4 is 0 Å². The highest BCUT2D eigenvalue weighted by molar-refractivity contribution is 5.19. The smallest absolute Gasteiger partial charge is 0.187 e. The van der Waals surface area contributed by atoms with E-state index in [2.05, 4.69) is 0 Å². The van der Waals surface area contributed by atoms with Gasteiger partial charge in [0, 0.05) is 7.11 Å². The molecule has 16 nitrogen and oxygen atoms in total. The van der Waals surface area contributed by atoms with Gasteiger partial charge >= 0.3 is 0 Å². The number of aliphatic hydroxyl groups excluding tert-OH is 3. The second-order valence-corrected chi connectivity index (χ2v) is 21.0. The minimum atomic E-state index is -1.60. The zero-order valence-corrected chi connectivity index (χ0v) is 47.1. The molecule has 444 valence electrons. The molecule has 3 saturated heterocycles. The van der Waals surface area contributed by atoms with E-state index in [9.17, 15) is 15.3 Å². The van der Waals surface area contributed by atoms with Crippen LogP contribution in [0.25, 0.3) is 0 Å². The summed E-state index contributed by atoms with van der Waals surface area (Å²) in [6.45, 7) is 0.578.